The second kappa shape index (κ2) is 10.0. The molecule has 0 saturated carbocycles. The van der Waals surface area contributed by atoms with Gasteiger partial charge in [0.2, 0.25) is 0 Å². The van der Waals surface area contributed by atoms with Gasteiger partial charge in [-0.3, -0.25) is 4.90 Å². The van der Waals surface area contributed by atoms with Crippen molar-refractivity contribution < 1.29 is 9.13 Å². The zero-order chi connectivity index (χ0) is 13.7. The summed E-state index contributed by atoms with van der Waals surface area (Å²) in [4.78, 5) is 2.36. The number of hydrogen-bond acceptors (Lipinski definition) is 3. The molecule has 0 radical (unpaired) electrons. The molecule has 1 aromatic carbocycles. The van der Waals surface area contributed by atoms with Crippen molar-refractivity contribution in [1.29, 1.82) is 0 Å². The van der Waals surface area contributed by atoms with E-state index in [1.807, 2.05) is 6.08 Å². The fourth-order valence-corrected chi connectivity index (χ4v) is 2.59. The van der Waals surface area contributed by atoms with Crippen molar-refractivity contribution in [2.24, 2.45) is 0 Å². The van der Waals surface area contributed by atoms with Crippen molar-refractivity contribution >= 4 is 24.8 Å². The highest BCUT2D eigenvalue weighted by molar-refractivity contribution is 5.85. The number of piperazine rings is 1. The summed E-state index contributed by atoms with van der Waals surface area (Å²) in [6, 6.07) is 4.84. The van der Waals surface area contributed by atoms with E-state index in [1.165, 1.54) is 6.07 Å². The summed E-state index contributed by atoms with van der Waals surface area (Å²) >= 11 is 0. The lowest BCUT2D eigenvalue weighted by molar-refractivity contribution is 0.171. The van der Waals surface area contributed by atoms with Gasteiger partial charge in [0, 0.05) is 37.8 Å². The van der Waals surface area contributed by atoms with Gasteiger partial charge in [-0.15, -0.1) is 31.4 Å². The van der Waals surface area contributed by atoms with E-state index in [9.17, 15) is 4.39 Å². The van der Waals surface area contributed by atoms with Crippen molar-refractivity contribution in [3.05, 3.63) is 42.2 Å². The predicted octanol–water partition coefficient (Wildman–Crippen LogP) is 3.20. The highest BCUT2D eigenvalue weighted by atomic mass is 35.5. The van der Waals surface area contributed by atoms with Crippen molar-refractivity contribution in [2.75, 3.05) is 33.3 Å². The van der Waals surface area contributed by atoms with Crippen molar-refractivity contribution in [1.82, 2.24) is 10.2 Å². The van der Waals surface area contributed by atoms with Crippen LogP contribution in [0, 0.1) is 5.82 Å². The Hall–Kier alpha value is -0.810. The van der Waals surface area contributed by atoms with Crippen LogP contribution in [0.3, 0.4) is 0 Å². The Labute approximate surface area is 138 Å². The average molecular weight is 337 g/mol. The molecule has 1 saturated heterocycles. The van der Waals surface area contributed by atoms with E-state index in [0.717, 1.165) is 43.9 Å². The van der Waals surface area contributed by atoms with Crippen LogP contribution in [0.1, 0.15) is 18.0 Å². The number of nitrogens with zero attached hydrogens (tertiary/aromatic N) is 1. The monoisotopic (exact) mass is 336 g/mol. The molecule has 2 rings (SSSR count). The first-order valence-corrected chi connectivity index (χ1v) is 6.65. The van der Waals surface area contributed by atoms with Gasteiger partial charge in [-0.05, 0) is 24.6 Å². The highest BCUT2D eigenvalue weighted by Crippen LogP contribution is 2.32. The SMILES string of the molecule is C=CC[C@@H](c1cc(F)ccc1OC)N1CCNCC1.Cl.Cl. The second-order valence-electron chi connectivity index (χ2n) is 4.71. The van der Waals surface area contributed by atoms with Crippen LogP contribution >= 0.6 is 24.8 Å². The zero-order valence-corrected chi connectivity index (χ0v) is 13.8. The van der Waals surface area contributed by atoms with Crippen LogP contribution in [0.15, 0.2) is 30.9 Å². The molecule has 0 bridgehead atoms. The van der Waals surface area contributed by atoms with Gasteiger partial charge < -0.3 is 10.1 Å². The highest BCUT2D eigenvalue weighted by Gasteiger charge is 2.24. The number of hydrogen-bond donors (Lipinski definition) is 1. The van der Waals surface area contributed by atoms with Gasteiger partial charge in [0.1, 0.15) is 11.6 Å². The van der Waals surface area contributed by atoms with Crippen molar-refractivity contribution in [3.8, 4) is 5.75 Å². The molecule has 1 aromatic rings. The first-order valence-electron chi connectivity index (χ1n) is 6.65. The zero-order valence-electron chi connectivity index (χ0n) is 12.2. The van der Waals surface area contributed by atoms with E-state index in [2.05, 4.69) is 16.8 Å². The van der Waals surface area contributed by atoms with Gasteiger partial charge in [-0.25, -0.2) is 4.39 Å². The smallest absolute Gasteiger partial charge is 0.123 e. The lowest BCUT2D eigenvalue weighted by Crippen LogP contribution is -2.45. The van der Waals surface area contributed by atoms with Gasteiger partial charge >= 0.3 is 0 Å². The Balaban J connectivity index is 0.00000200. The van der Waals surface area contributed by atoms with Gasteiger partial charge in [-0.1, -0.05) is 6.08 Å². The topological polar surface area (TPSA) is 24.5 Å². The number of rotatable bonds is 5. The summed E-state index contributed by atoms with van der Waals surface area (Å²) in [6.07, 6.45) is 2.68. The number of ether oxygens (including phenoxy) is 1. The van der Waals surface area contributed by atoms with Crippen LogP contribution in [0.2, 0.25) is 0 Å². The molecule has 0 aliphatic carbocycles. The van der Waals surface area contributed by atoms with Gasteiger partial charge in [-0.2, -0.15) is 0 Å². The van der Waals surface area contributed by atoms with Gasteiger partial charge in [0.15, 0.2) is 0 Å². The molecule has 1 heterocycles. The third-order valence-corrected chi connectivity index (χ3v) is 3.53. The van der Waals surface area contributed by atoms with Gasteiger partial charge in [0.05, 0.1) is 7.11 Å². The van der Waals surface area contributed by atoms with E-state index in [4.69, 9.17) is 4.74 Å². The lowest BCUT2D eigenvalue weighted by Gasteiger charge is -2.35. The third-order valence-electron chi connectivity index (χ3n) is 3.53. The predicted molar refractivity (Wildman–Crippen MR) is 89.4 cm³/mol. The molecule has 0 spiro atoms. The standard InChI is InChI=1S/C15H21FN2O.2ClH/c1-3-4-14(18-9-7-17-8-10-18)13-11-12(16)5-6-15(13)19-2;;/h3,5-6,11,14,17H,1,4,7-10H2,2H3;2*1H/t14-;;/m0../s1. The molecule has 0 aromatic heterocycles. The van der Waals surface area contributed by atoms with Crippen LogP contribution in [-0.2, 0) is 0 Å². The summed E-state index contributed by atoms with van der Waals surface area (Å²) in [5.41, 5.74) is 0.907. The molecule has 1 atom stereocenters. The molecule has 0 amide bonds. The molecule has 1 fully saturated rings. The van der Waals surface area contributed by atoms with Crippen LogP contribution < -0.4 is 10.1 Å². The maximum absolute atomic E-state index is 13.5. The largest absolute Gasteiger partial charge is 0.496 e. The minimum absolute atomic E-state index is 0. The summed E-state index contributed by atoms with van der Waals surface area (Å²) in [6.45, 7) is 7.66. The number of benzene rings is 1. The quantitative estimate of drug-likeness (QED) is 0.835. The Morgan fingerprint density at radius 2 is 2.05 bits per heavy atom. The molecule has 0 unspecified atom stereocenters. The van der Waals surface area contributed by atoms with Gasteiger partial charge in [0.25, 0.3) is 0 Å². The first-order chi connectivity index (χ1) is 9.26. The minimum atomic E-state index is -0.222. The summed E-state index contributed by atoms with van der Waals surface area (Å²) < 4.78 is 18.9. The molecule has 1 aliphatic rings. The summed E-state index contributed by atoms with van der Waals surface area (Å²) in [7, 11) is 1.62. The van der Waals surface area contributed by atoms with Crippen molar-refractivity contribution in [2.45, 2.75) is 12.5 Å². The molecule has 1 N–H and O–H groups in total. The lowest BCUT2D eigenvalue weighted by atomic mass is 10.00. The third kappa shape index (κ3) is 5.15. The van der Waals surface area contributed by atoms with Crippen LogP contribution in [0.4, 0.5) is 4.39 Å². The first kappa shape index (κ1) is 20.2. The Morgan fingerprint density at radius 3 is 2.62 bits per heavy atom. The van der Waals surface area contributed by atoms with E-state index < -0.39 is 0 Å². The number of methoxy groups -OCH3 is 1. The second-order valence-corrected chi connectivity index (χ2v) is 4.71. The van der Waals surface area contributed by atoms with E-state index in [-0.39, 0.29) is 36.7 Å². The maximum atomic E-state index is 13.5. The van der Waals surface area contributed by atoms with E-state index >= 15 is 0 Å². The summed E-state index contributed by atoms with van der Waals surface area (Å²) in [5.74, 6) is 0.520. The Morgan fingerprint density at radius 1 is 1.38 bits per heavy atom. The van der Waals surface area contributed by atoms with Crippen LogP contribution in [-0.4, -0.2) is 38.2 Å². The Kier molecular flexibility index (Phi) is 9.62. The maximum Gasteiger partial charge on any atom is 0.123 e. The summed E-state index contributed by atoms with van der Waals surface area (Å²) in [5, 5.41) is 3.33. The van der Waals surface area contributed by atoms with E-state index in [1.54, 1.807) is 19.2 Å². The molecule has 3 nitrogen and oxygen atoms in total. The molecule has 21 heavy (non-hydrogen) atoms. The molecular weight excluding hydrogens is 314 g/mol. The van der Waals surface area contributed by atoms with Crippen LogP contribution in [0.25, 0.3) is 0 Å². The molecule has 6 heteroatoms. The fourth-order valence-electron chi connectivity index (χ4n) is 2.59. The average Bonchev–Trinajstić information content (AvgIpc) is 2.45. The molecular formula is C15H23Cl2FN2O. The molecule has 120 valence electrons. The number of nitrogens with one attached hydrogen (secondary N) is 1. The fraction of sp³-hybridized carbons (Fsp3) is 0.467. The number of halogens is 3. The van der Waals surface area contributed by atoms with Crippen LogP contribution in [0.5, 0.6) is 5.75 Å². The normalized spacial score (nSPS) is 16.3. The minimum Gasteiger partial charge on any atom is -0.496 e. The Bertz CT molecular complexity index is 440. The van der Waals surface area contributed by atoms with Crippen molar-refractivity contribution in [3.63, 3.8) is 0 Å². The van der Waals surface area contributed by atoms with E-state index in [0.29, 0.717) is 0 Å². The molecule has 1 aliphatic heterocycles.